The zero-order valence-electron chi connectivity index (χ0n) is 13.6. The summed E-state index contributed by atoms with van der Waals surface area (Å²) < 4.78 is 5.86. The third-order valence-electron chi connectivity index (χ3n) is 4.92. The Kier molecular flexibility index (Phi) is 4.67. The van der Waals surface area contributed by atoms with Crippen LogP contribution in [0.2, 0.25) is 0 Å². The van der Waals surface area contributed by atoms with Crippen molar-refractivity contribution in [1.82, 2.24) is 15.1 Å². The Bertz CT molecular complexity index is 732. The molecule has 1 amide bonds. The van der Waals surface area contributed by atoms with Crippen molar-refractivity contribution in [2.45, 2.75) is 42.9 Å². The Morgan fingerprint density at radius 2 is 2.17 bits per heavy atom. The summed E-state index contributed by atoms with van der Waals surface area (Å²) in [6.07, 6.45) is 6.54. The first-order valence-electron chi connectivity index (χ1n) is 8.57. The average Bonchev–Trinajstić information content (AvgIpc) is 2.65. The van der Waals surface area contributed by atoms with Crippen LogP contribution >= 0.6 is 11.8 Å². The number of carbonyl (C=O) groups is 1. The predicted octanol–water partition coefficient (Wildman–Crippen LogP) is 2.89. The molecule has 1 aliphatic heterocycles. The minimum absolute atomic E-state index is 0.190. The second-order valence-corrected chi connectivity index (χ2v) is 7.34. The number of ether oxygens (including phenoxy) is 1. The third kappa shape index (κ3) is 3.13. The summed E-state index contributed by atoms with van der Waals surface area (Å²) in [5.41, 5.74) is 0. The van der Waals surface area contributed by atoms with Crippen LogP contribution in [0.4, 0.5) is 0 Å². The van der Waals surface area contributed by atoms with Crippen molar-refractivity contribution in [3.63, 3.8) is 0 Å². The van der Waals surface area contributed by atoms with E-state index in [9.17, 15) is 4.79 Å². The van der Waals surface area contributed by atoms with E-state index in [1.54, 1.807) is 6.20 Å². The van der Waals surface area contributed by atoms with Gasteiger partial charge >= 0.3 is 0 Å². The van der Waals surface area contributed by atoms with Crippen LogP contribution in [-0.2, 0) is 9.53 Å². The van der Waals surface area contributed by atoms with E-state index in [2.05, 4.69) is 10.2 Å². The number of hydrogen-bond acceptors (Lipinski definition) is 5. The van der Waals surface area contributed by atoms with Gasteiger partial charge in [-0.15, -0.1) is 5.10 Å². The molecule has 4 rings (SSSR count). The summed E-state index contributed by atoms with van der Waals surface area (Å²) in [5, 5.41) is 11.2. The summed E-state index contributed by atoms with van der Waals surface area (Å²) in [7, 11) is 0. The zero-order valence-corrected chi connectivity index (χ0v) is 14.4. The molecule has 1 saturated heterocycles. The fraction of sp³-hybridized carbons (Fsp3) is 0.500. The molecule has 0 radical (unpaired) electrons. The first kappa shape index (κ1) is 15.8. The van der Waals surface area contributed by atoms with Crippen molar-refractivity contribution >= 4 is 28.4 Å². The van der Waals surface area contributed by atoms with Gasteiger partial charge in [0.15, 0.2) is 0 Å². The molecular weight excluding hydrogens is 322 g/mol. The second kappa shape index (κ2) is 7.07. The van der Waals surface area contributed by atoms with E-state index in [0.717, 1.165) is 28.6 Å². The molecule has 2 aliphatic rings. The molecular formula is C18H21N3O2S. The molecule has 2 atom stereocenters. The van der Waals surface area contributed by atoms with E-state index in [0.29, 0.717) is 18.9 Å². The quantitative estimate of drug-likeness (QED) is 0.802. The Labute approximate surface area is 145 Å². The lowest BCUT2D eigenvalue weighted by molar-refractivity contribution is -0.146. The number of carbonyl (C=O) groups excluding carboxylic acids is 1. The summed E-state index contributed by atoms with van der Waals surface area (Å²) in [6.45, 7) is 1.37. The molecule has 0 bridgehead atoms. The first-order valence-corrected chi connectivity index (χ1v) is 9.56. The number of morpholine rings is 1. The predicted molar refractivity (Wildman–Crippen MR) is 94.0 cm³/mol. The number of hydrogen-bond donors (Lipinski definition) is 0. The van der Waals surface area contributed by atoms with Crippen molar-refractivity contribution in [3.05, 3.63) is 30.5 Å². The second-order valence-electron chi connectivity index (χ2n) is 6.37. The topological polar surface area (TPSA) is 55.3 Å². The molecule has 6 heteroatoms. The molecule has 2 aromatic rings. The fourth-order valence-corrected chi connectivity index (χ4v) is 4.60. The molecule has 126 valence electrons. The van der Waals surface area contributed by atoms with Crippen molar-refractivity contribution in [1.29, 1.82) is 0 Å². The van der Waals surface area contributed by atoms with Gasteiger partial charge in [0.25, 0.3) is 0 Å². The monoisotopic (exact) mass is 343 g/mol. The minimum Gasteiger partial charge on any atom is -0.374 e. The maximum atomic E-state index is 12.8. The van der Waals surface area contributed by atoms with Gasteiger partial charge in [0.05, 0.1) is 30.7 Å². The van der Waals surface area contributed by atoms with Crippen molar-refractivity contribution < 1.29 is 9.53 Å². The number of rotatable bonds is 3. The van der Waals surface area contributed by atoms with E-state index in [1.807, 2.05) is 29.2 Å². The van der Waals surface area contributed by atoms with Gasteiger partial charge in [0.2, 0.25) is 5.91 Å². The Morgan fingerprint density at radius 1 is 1.29 bits per heavy atom. The lowest BCUT2D eigenvalue weighted by atomic mass is 9.90. The van der Waals surface area contributed by atoms with Gasteiger partial charge in [-0.25, -0.2) is 0 Å². The molecule has 5 nitrogen and oxygen atoms in total. The van der Waals surface area contributed by atoms with Crippen LogP contribution in [0, 0.1) is 0 Å². The van der Waals surface area contributed by atoms with Crippen LogP contribution < -0.4 is 0 Å². The minimum atomic E-state index is 0.190. The van der Waals surface area contributed by atoms with E-state index in [4.69, 9.17) is 4.74 Å². The van der Waals surface area contributed by atoms with Crippen LogP contribution in [0.1, 0.15) is 25.7 Å². The number of thioether (sulfide) groups is 1. The highest BCUT2D eigenvalue weighted by Gasteiger charge is 2.36. The molecule has 1 aromatic heterocycles. The summed E-state index contributed by atoms with van der Waals surface area (Å²) in [4.78, 5) is 14.8. The molecule has 1 saturated carbocycles. The van der Waals surface area contributed by atoms with Crippen LogP contribution in [0.15, 0.2) is 35.5 Å². The molecule has 1 aliphatic carbocycles. The van der Waals surface area contributed by atoms with Crippen molar-refractivity contribution in [2.75, 3.05) is 18.9 Å². The summed E-state index contributed by atoms with van der Waals surface area (Å²) >= 11 is 1.49. The summed E-state index contributed by atoms with van der Waals surface area (Å²) in [5.74, 6) is 0.598. The number of amides is 1. The fourth-order valence-electron chi connectivity index (χ4n) is 3.73. The van der Waals surface area contributed by atoms with E-state index >= 15 is 0 Å². The average molecular weight is 343 g/mol. The molecule has 0 N–H and O–H groups in total. The number of aromatic nitrogens is 2. The highest BCUT2D eigenvalue weighted by Crippen LogP contribution is 2.30. The normalized spacial score (nSPS) is 23.9. The van der Waals surface area contributed by atoms with Crippen molar-refractivity contribution in [2.24, 2.45) is 0 Å². The number of benzene rings is 1. The Hall–Kier alpha value is -1.66. The lowest BCUT2D eigenvalue weighted by Gasteiger charge is -2.43. The van der Waals surface area contributed by atoms with Gasteiger partial charge in [-0.05, 0) is 12.8 Å². The number of fused-ring (bicyclic) bond motifs is 2. The standard InChI is InChI=1S/C18H21N3O2S/c22-17(21-9-10-23-16-8-4-3-7-15(16)21)12-24-18-14-6-2-1-5-13(14)11-19-20-18/h1-2,5-6,11,15-16H,3-4,7-10,12H2/t15-,16-/m0/s1. The van der Waals surface area contributed by atoms with Gasteiger partial charge in [0, 0.05) is 17.3 Å². The third-order valence-corrected chi connectivity index (χ3v) is 5.89. The maximum Gasteiger partial charge on any atom is 0.233 e. The van der Waals surface area contributed by atoms with Gasteiger partial charge in [-0.1, -0.05) is 48.9 Å². The van der Waals surface area contributed by atoms with Crippen LogP contribution in [0.5, 0.6) is 0 Å². The van der Waals surface area contributed by atoms with E-state index < -0.39 is 0 Å². The van der Waals surface area contributed by atoms with Gasteiger partial charge < -0.3 is 9.64 Å². The van der Waals surface area contributed by atoms with E-state index in [1.165, 1.54) is 24.6 Å². The molecule has 24 heavy (non-hydrogen) atoms. The zero-order chi connectivity index (χ0) is 16.4. The first-order chi connectivity index (χ1) is 11.8. The highest BCUT2D eigenvalue weighted by molar-refractivity contribution is 8.00. The molecule has 2 fully saturated rings. The van der Waals surface area contributed by atoms with Crippen LogP contribution in [-0.4, -0.2) is 52.1 Å². The Balaban J connectivity index is 1.46. The molecule has 1 aromatic carbocycles. The van der Waals surface area contributed by atoms with Gasteiger partial charge in [-0.2, -0.15) is 5.10 Å². The van der Waals surface area contributed by atoms with Crippen LogP contribution in [0.25, 0.3) is 10.8 Å². The van der Waals surface area contributed by atoms with Crippen LogP contribution in [0.3, 0.4) is 0 Å². The van der Waals surface area contributed by atoms with Gasteiger partial charge in [0.1, 0.15) is 5.03 Å². The molecule has 0 unspecified atom stereocenters. The van der Waals surface area contributed by atoms with Crippen molar-refractivity contribution in [3.8, 4) is 0 Å². The SMILES string of the molecule is O=C(CSc1nncc2ccccc12)N1CCO[C@H]2CCCC[C@@H]21. The lowest BCUT2D eigenvalue weighted by Crippen LogP contribution is -2.55. The molecule has 0 spiro atoms. The Morgan fingerprint density at radius 3 is 3.12 bits per heavy atom. The smallest absolute Gasteiger partial charge is 0.233 e. The summed E-state index contributed by atoms with van der Waals surface area (Å²) in [6, 6.07) is 8.29. The largest absolute Gasteiger partial charge is 0.374 e. The maximum absolute atomic E-state index is 12.8. The molecule has 2 heterocycles. The van der Waals surface area contributed by atoms with E-state index in [-0.39, 0.29) is 18.1 Å². The number of nitrogens with zero attached hydrogens (tertiary/aromatic N) is 3. The van der Waals surface area contributed by atoms with Gasteiger partial charge in [-0.3, -0.25) is 4.79 Å². The highest BCUT2D eigenvalue weighted by atomic mass is 32.2.